The number of hydrogen-bond acceptors (Lipinski definition) is 2. The van der Waals surface area contributed by atoms with Gasteiger partial charge in [-0.1, -0.05) is 17.7 Å². The first-order chi connectivity index (χ1) is 10.5. The van der Waals surface area contributed by atoms with Gasteiger partial charge in [-0.05, 0) is 29.3 Å². The molecule has 22 heavy (non-hydrogen) atoms. The second kappa shape index (κ2) is 5.57. The molecule has 0 unspecified atom stereocenters. The monoisotopic (exact) mass is 323 g/mol. The third-order valence-electron chi connectivity index (χ3n) is 3.46. The number of fused-ring (bicyclic) bond motifs is 1. The molecule has 2 aromatic carbocycles. The number of halogens is 4. The average molecular weight is 324 g/mol. The van der Waals surface area contributed by atoms with Gasteiger partial charge in [-0.15, -0.1) is 0 Å². The highest BCUT2D eigenvalue weighted by molar-refractivity contribution is 6.30. The molecule has 0 spiro atoms. The molecule has 1 aliphatic heterocycles. The molecule has 112 valence electrons. The van der Waals surface area contributed by atoms with Crippen molar-refractivity contribution in [1.29, 1.82) is 0 Å². The molecule has 0 aliphatic carbocycles. The predicted molar refractivity (Wildman–Crippen MR) is 77.7 cm³/mol. The lowest BCUT2D eigenvalue weighted by Gasteiger charge is -2.09. The second-order valence-electron chi connectivity index (χ2n) is 4.91. The summed E-state index contributed by atoms with van der Waals surface area (Å²) in [6.45, 7) is 0. The predicted octanol–water partition coefficient (Wildman–Crippen LogP) is 4.44. The Morgan fingerprint density at radius 2 is 1.95 bits per heavy atom. The van der Waals surface area contributed by atoms with Crippen LogP contribution in [0.1, 0.15) is 21.5 Å². The zero-order valence-electron chi connectivity index (χ0n) is 11.2. The molecule has 1 aliphatic rings. The van der Waals surface area contributed by atoms with Gasteiger partial charge in [-0.25, -0.2) is 13.2 Å². The summed E-state index contributed by atoms with van der Waals surface area (Å²) in [5, 5.41) is -0.0934. The van der Waals surface area contributed by atoms with Crippen molar-refractivity contribution < 1.29 is 18.0 Å². The van der Waals surface area contributed by atoms with Crippen molar-refractivity contribution >= 4 is 29.3 Å². The summed E-state index contributed by atoms with van der Waals surface area (Å²) in [5.41, 5.74) is 0.832. The Bertz CT molecular complexity index is 818. The van der Waals surface area contributed by atoms with E-state index in [-0.39, 0.29) is 29.1 Å². The van der Waals surface area contributed by atoms with E-state index in [9.17, 15) is 18.0 Å². The number of benzene rings is 2. The average Bonchev–Trinajstić information content (AvgIpc) is 2.96. The van der Waals surface area contributed by atoms with E-state index in [1.165, 1.54) is 18.3 Å². The number of hydrogen-bond donors (Lipinski definition) is 0. The molecule has 1 heterocycles. The van der Waals surface area contributed by atoms with E-state index in [1.54, 1.807) is 0 Å². The highest BCUT2D eigenvalue weighted by Gasteiger charge is 2.24. The van der Waals surface area contributed by atoms with Gasteiger partial charge in [0, 0.05) is 24.6 Å². The van der Waals surface area contributed by atoms with Gasteiger partial charge in [0.1, 0.15) is 11.5 Å². The van der Waals surface area contributed by atoms with Crippen LogP contribution in [0.15, 0.2) is 29.3 Å². The molecular formula is C16H9ClF3NO. The number of ketones is 1. The largest absolute Gasteiger partial charge is 0.294 e. The van der Waals surface area contributed by atoms with E-state index in [4.69, 9.17) is 11.6 Å². The van der Waals surface area contributed by atoms with Gasteiger partial charge in [0.2, 0.25) is 0 Å². The Kier molecular flexibility index (Phi) is 3.74. The number of aliphatic imine (C=N–C) groups is 1. The summed E-state index contributed by atoms with van der Waals surface area (Å²) in [6, 6.07) is 4.81. The molecule has 2 aromatic rings. The van der Waals surface area contributed by atoms with E-state index in [0.717, 1.165) is 12.1 Å². The Balaban J connectivity index is 1.95. The van der Waals surface area contributed by atoms with Gasteiger partial charge >= 0.3 is 0 Å². The first-order valence-corrected chi connectivity index (χ1v) is 6.85. The second-order valence-corrected chi connectivity index (χ2v) is 5.32. The van der Waals surface area contributed by atoms with Crippen LogP contribution in [-0.4, -0.2) is 12.0 Å². The van der Waals surface area contributed by atoms with Crippen molar-refractivity contribution in [3.63, 3.8) is 0 Å². The maximum absolute atomic E-state index is 13.6. The molecule has 6 heteroatoms. The van der Waals surface area contributed by atoms with Crippen LogP contribution in [0.4, 0.5) is 18.9 Å². The maximum Gasteiger partial charge on any atom is 0.184 e. The van der Waals surface area contributed by atoms with E-state index in [2.05, 4.69) is 4.99 Å². The van der Waals surface area contributed by atoms with Gasteiger partial charge in [-0.3, -0.25) is 9.79 Å². The lowest BCUT2D eigenvalue weighted by atomic mass is 9.96. The molecule has 0 amide bonds. The molecule has 0 atom stereocenters. The molecule has 0 fully saturated rings. The highest BCUT2D eigenvalue weighted by Crippen LogP contribution is 2.33. The Morgan fingerprint density at radius 3 is 2.68 bits per heavy atom. The molecule has 0 radical (unpaired) electrons. The van der Waals surface area contributed by atoms with Gasteiger partial charge < -0.3 is 0 Å². The number of carbonyl (C=O) groups is 1. The first-order valence-electron chi connectivity index (χ1n) is 6.48. The van der Waals surface area contributed by atoms with Crippen molar-refractivity contribution in [3.8, 4) is 0 Å². The lowest BCUT2D eigenvalue weighted by molar-refractivity contribution is 0.0992. The molecule has 0 saturated carbocycles. The smallest absolute Gasteiger partial charge is 0.184 e. The summed E-state index contributed by atoms with van der Waals surface area (Å²) >= 11 is 5.67. The standard InChI is InChI=1S/C16H9ClF3NO/c17-11-5-8(1-2-12(11)18)6-14(22)10-7-13(19)15(20)16-9(10)3-4-21-16/h1-2,4-5,7H,3,6H2. The normalized spacial score (nSPS) is 12.5. The van der Waals surface area contributed by atoms with Gasteiger partial charge in [0.05, 0.1) is 5.02 Å². The third-order valence-corrected chi connectivity index (χ3v) is 3.75. The molecule has 0 aromatic heterocycles. The third kappa shape index (κ3) is 2.52. The van der Waals surface area contributed by atoms with Crippen LogP contribution in [0.25, 0.3) is 0 Å². The van der Waals surface area contributed by atoms with Crippen molar-refractivity contribution in [2.75, 3.05) is 0 Å². The van der Waals surface area contributed by atoms with Crippen LogP contribution in [0.2, 0.25) is 5.02 Å². The SMILES string of the molecule is O=C(Cc1ccc(F)c(Cl)c1)c1cc(F)c(F)c2c1CC=N2. The minimum atomic E-state index is -1.11. The van der Waals surface area contributed by atoms with E-state index in [1.807, 2.05) is 0 Å². The minimum Gasteiger partial charge on any atom is -0.294 e. The summed E-state index contributed by atoms with van der Waals surface area (Å²) in [4.78, 5) is 16.1. The number of carbonyl (C=O) groups excluding carboxylic acids is 1. The molecule has 0 saturated heterocycles. The Morgan fingerprint density at radius 1 is 1.18 bits per heavy atom. The van der Waals surface area contributed by atoms with Crippen molar-refractivity contribution in [2.24, 2.45) is 4.99 Å². The van der Waals surface area contributed by atoms with Crippen LogP contribution < -0.4 is 0 Å². The van der Waals surface area contributed by atoms with Gasteiger partial charge in [0.15, 0.2) is 17.4 Å². The molecule has 0 bridgehead atoms. The zero-order valence-corrected chi connectivity index (χ0v) is 11.9. The van der Waals surface area contributed by atoms with Crippen LogP contribution in [0.3, 0.4) is 0 Å². The van der Waals surface area contributed by atoms with Gasteiger partial charge in [-0.2, -0.15) is 0 Å². The fraction of sp³-hybridized carbons (Fsp3) is 0.125. The summed E-state index contributed by atoms with van der Waals surface area (Å²) < 4.78 is 40.3. The summed E-state index contributed by atoms with van der Waals surface area (Å²) in [7, 11) is 0. The Labute approximate surface area is 129 Å². The summed E-state index contributed by atoms with van der Waals surface area (Å²) in [5.74, 6) is -3.15. The van der Waals surface area contributed by atoms with E-state index < -0.39 is 23.2 Å². The fourth-order valence-corrected chi connectivity index (χ4v) is 2.60. The van der Waals surface area contributed by atoms with Crippen LogP contribution >= 0.6 is 11.6 Å². The van der Waals surface area contributed by atoms with Crippen LogP contribution in [0.5, 0.6) is 0 Å². The highest BCUT2D eigenvalue weighted by atomic mass is 35.5. The Hall–Kier alpha value is -2.14. The van der Waals surface area contributed by atoms with Crippen molar-refractivity contribution in [3.05, 3.63) is 63.4 Å². The maximum atomic E-state index is 13.6. The van der Waals surface area contributed by atoms with Gasteiger partial charge in [0.25, 0.3) is 0 Å². The van der Waals surface area contributed by atoms with Crippen molar-refractivity contribution in [1.82, 2.24) is 0 Å². The molecule has 2 nitrogen and oxygen atoms in total. The lowest BCUT2D eigenvalue weighted by Crippen LogP contribution is -2.08. The first kappa shape index (κ1) is 14.8. The topological polar surface area (TPSA) is 29.4 Å². The van der Waals surface area contributed by atoms with Crippen molar-refractivity contribution in [2.45, 2.75) is 12.8 Å². The summed E-state index contributed by atoms with van der Waals surface area (Å²) in [6.07, 6.45) is 1.62. The van der Waals surface area contributed by atoms with Crippen LogP contribution in [-0.2, 0) is 12.8 Å². The van der Waals surface area contributed by atoms with E-state index >= 15 is 0 Å². The number of nitrogens with zero attached hydrogens (tertiary/aromatic N) is 1. The van der Waals surface area contributed by atoms with E-state index in [0.29, 0.717) is 11.1 Å². The molecule has 3 rings (SSSR count). The molecular weight excluding hydrogens is 315 g/mol. The zero-order chi connectivity index (χ0) is 15.9. The van der Waals surface area contributed by atoms with Crippen LogP contribution in [0, 0.1) is 17.5 Å². The number of Topliss-reactive ketones (excluding diaryl/α,β-unsaturated/α-hetero) is 1. The fourth-order valence-electron chi connectivity index (χ4n) is 2.40. The minimum absolute atomic E-state index is 0.0858. The number of rotatable bonds is 3. The molecule has 0 N–H and O–H groups in total. The quantitative estimate of drug-likeness (QED) is 0.768.